The van der Waals surface area contributed by atoms with Gasteiger partial charge in [-0.15, -0.1) is 0 Å². The predicted molar refractivity (Wildman–Crippen MR) is 171 cm³/mol. The van der Waals surface area contributed by atoms with Crippen LogP contribution in [0.1, 0.15) is 61.3 Å². The van der Waals surface area contributed by atoms with Gasteiger partial charge < -0.3 is 10.2 Å². The number of sulfonamides is 1. The summed E-state index contributed by atoms with van der Waals surface area (Å²) in [4.78, 5) is 29.2. The van der Waals surface area contributed by atoms with Gasteiger partial charge in [-0.25, -0.2) is 8.42 Å². The molecular weight excluding hydrogens is 614 g/mol. The van der Waals surface area contributed by atoms with E-state index in [-0.39, 0.29) is 23.4 Å². The van der Waals surface area contributed by atoms with E-state index >= 15 is 0 Å². The zero-order valence-corrected chi connectivity index (χ0v) is 27.2. The summed E-state index contributed by atoms with van der Waals surface area (Å²) in [5.74, 6) is -0.694. The third kappa shape index (κ3) is 8.01. The normalized spacial score (nSPS) is 14.7. The van der Waals surface area contributed by atoms with Gasteiger partial charge in [0.1, 0.15) is 12.6 Å². The summed E-state index contributed by atoms with van der Waals surface area (Å²) in [5.41, 5.74) is 3.93. The van der Waals surface area contributed by atoms with E-state index in [2.05, 4.69) is 21.2 Å². The van der Waals surface area contributed by atoms with Gasteiger partial charge in [0.2, 0.25) is 11.8 Å². The predicted octanol–water partition coefficient (Wildman–Crippen LogP) is 6.44. The molecular formula is C33H40BrN3O4S. The van der Waals surface area contributed by atoms with E-state index in [1.54, 1.807) is 43.3 Å². The van der Waals surface area contributed by atoms with Crippen LogP contribution in [-0.2, 0) is 26.2 Å². The van der Waals surface area contributed by atoms with Crippen molar-refractivity contribution in [1.29, 1.82) is 0 Å². The minimum atomic E-state index is -4.10. The maximum Gasteiger partial charge on any atom is 0.264 e. The zero-order valence-electron chi connectivity index (χ0n) is 24.8. The SMILES string of the molecule is Cc1ccc(S(=O)(=O)N(CC(=O)N(Cc2cccc(Br)c2)[C@@H](C)C(=O)NC2CCCCC2)c2cc(C)cc(C)c2)cc1. The Hall–Kier alpha value is -3.17. The van der Waals surface area contributed by atoms with Crippen LogP contribution in [0.15, 0.2) is 76.1 Å². The molecule has 1 saturated carbocycles. The monoisotopic (exact) mass is 653 g/mol. The largest absolute Gasteiger partial charge is 0.352 e. The third-order valence-electron chi connectivity index (χ3n) is 7.74. The quantitative estimate of drug-likeness (QED) is 0.273. The molecule has 0 radical (unpaired) electrons. The van der Waals surface area contributed by atoms with Gasteiger partial charge >= 0.3 is 0 Å². The number of aryl methyl sites for hydroxylation is 3. The average molecular weight is 655 g/mol. The molecule has 0 aliphatic heterocycles. The highest BCUT2D eigenvalue weighted by atomic mass is 79.9. The molecule has 1 fully saturated rings. The first-order chi connectivity index (χ1) is 19.9. The van der Waals surface area contributed by atoms with Crippen LogP contribution in [0.4, 0.5) is 5.69 Å². The molecule has 1 N–H and O–H groups in total. The van der Waals surface area contributed by atoms with Crippen LogP contribution in [0.2, 0.25) is 0 Å². The van der Waals surface area contributed by atoms with E-state index in [9.17, 15) is 18.0 Å². The number of anilines is 1. The first kappa shape index (κ1) is 31.8. The number of halogens is 1. The lowest BCUT2D eigenvalue weighted by Gasteiger charge is -2.33. The van der Waals surface area contributed by atoms with Crippen LogP contribution in [-0.4, -0.2) is 43.8 Å². The van der Waals surface area contributed by atoms with Gasteiger partial charge in [0.15, 0.2) is 0 Å². The Morgan fingerprint density at radius 3 is 2.17 bits per heavy atom. The first-order valence-electron chi connectivity index (χ1n) is 14.5. The number of rotatable bonds is 10. The van der Waals surface area contributed by atoms with Crippen molar-refractivity contribution in [3.8, 4) is 0 Å². The summed E-state index contributed by atoms with van der Waals surface area (Å²) in [6, 6.07) is 18.9. The molecule has 3 aromatic carbocycles. The van der Waals surface area contributed by atoms with E-state index in [0.717, 1.165) is 52.4 Å². The van der Waals surface area contributed by atoms with Gasteiger partial charge in [-0.05, 0) is 93.6 Å². The molecule has 2 amide bonds. The summed E-state index contributed by atoms with van der Waals surface area (Å²) in [5, 5.41) is 3.14. The van der Waals surface area contributed by atoms with E-state index in [4.69, 9.17) is 0 Å². The van der Waals surface area contributed by atoms with Crippen LogP contribution >= 0.6 is 15.9 Å². The number of nitrogens with zero attached hydrogens (tertiary/aromatic N) is 2. The summed E-state index contributed by atoms with van der Waals surface area (Å²) < 4.78 is 30.1. The minimum absolute atomic E-state index is 0.0882. The molecule has 1 atom stereocenters. The number of amides is 2. The Kier molecular flexibility index (Phi) is 10.5. The highest BCUT2D eigenvalue weighted by molar-refractivity contribution is 9.10. The van der Waals surface area contributed by atoms with Gasteiger partial charge in [-0.3, -0.25) is 13.9 Å². The second-order valence-corrected chi connectivity index (χ2v) is 14.1. The lowest BCUT2D eigenvalue weighted by molar-refractivity contribution is -0.139. The highest BCUT2D eigenvalue weighted by Crippen LogP contribution is 2.27. The lowest BCUT2D eigenvalue weighted by atomic mass is 9.95. The molecule has 9 heteroatoms. The zero-order chi connectivity index (χ0) is 30.4. The number of hydrogen-bond donors (Lipinski definition) is 1. The van der Waals surface area contributed by atoms with Gasteiger partial charge in [-0.2, -0.15) is 0 Å². The summed E-state index contributed by atoms with van der Waals surface area (Å²) >= 11 is 3.49. The molecule has 0 bridgehead atoms. The van der Waals surface area contributed by atoms with Crippen LogP contribution in [0.25, 0.3) is 0 Å². The minimum Gasteiger partial charge on any atom is -0.352 e. The van der Waals surface area contributed by atoms with Gasteiger partial charge in [0.25, 0.3) is 10.0 Å². The van der Waals surface area contributed by atoms with Gasteiger partial charge in [0, 0.05) is 17.1 Å². The number of benzene rings is 3. The Morgan fingerprint density at radius 2 is 1.55 bits per heavy atom. The number of carbonyl (C=O) groups excluding carboxylic acids is 2. The van der Waals surface area contributed by atoms with Crippen molar-refractivity contribution in [3.63, 3.8) is 0 Å². The van der Waals surface area contributed by atoms with Crippen LogP contribution in [0.3, 0.4) is 0 Å². The number of carbonyl (C=O) groups is 2. The standard InChI is InChI=1S/C33H40BrN3O4S/c1-23-13-15-31(16-14-23)42(40,41)37(30-18-24(2)17-25(3)19-30)22-32(38)36(21-27-9-8-10-28(34)20-27)26(4)33(39)35-29-11-6-5-7-12-29/h8-10,13-20,26,29H,5-7,11-12,21-22H2,1-4H3,(H,35,39)/t26-/m0/s1. The van der Waals surface area contributed by atoms with Crippen molar-refractivity contribution in [2.24, 2.45) is 0 Å². The number of hydrogen-bond acceptors (Lipinski definition) is 4. The van der Waals surface area contributed by atoms with Crippen LogP contribution < -0.4 is 9.62 Å². The molecule has 1 aliphatic carbocycles. The molecule has 42 heavy (non-hydrogen) atoms. The molecule has 1 aliphatic rings. The maximum absolute atomic E-state index is 14.2. The highest BCUT2D eigenvalue weighted by Gasteiger charge is 2.33. The third-order valence-corrected chi connectivity index (χ3v) is 10.0. The molecule has 0 spiro atoms. The summed E-state index contributed by atoms with van der Waals surface area (Å²) in [6.45, 7) is 7.10. The van der Waals surface area contributed by atoms with Crippen molar-refractivity contribution in [2.45, 2.75) is 83.3 Å². The molecule has 224 valence electrons. The Morgan fingerprint density at radius 1 is 0.905 bits per heavy atom. The van der Waals surface area contributed by atoms with Crippen molar-refractivity contribution in [3.05, 3.63) is 93.5 Å². The van der Waals surface area contributed by atoms with Gasteiger partial charge in [-0.1, -0.05) is 71.1 Å². The average Bonchev–Trinajstić information content (AvgIpc) is 2.94. The molecule has 0 aromatic heterocycles. The molecule has 0 saturated heterocycles. The Labute approximate surface area is 258 Å². The number of nitrogens with one attached hydrogen (secondary N) is 1. The van der Waals surface area contributed by atoms with E-state index in [1.807, 2.05) is 51.1 Å². The summed E-state index contributed by atoms with van der Waals surface area (Å²) in [6.07, 6.45) is 5.16. The molecule has 0 unspecified atom stereocenters. The fraction of sp³-hybridized carbons (Fsp3) is 0.394. The lowest BCUT2D eigenvalue weighted by Crippen LogP contribution is -2.53. The van der Waals surface area contributed by atoms with Crippen LogP contribution in [0.5, 0.6) is 0 Å². The Bertz CT molecular complexity index is 1500. The van der Waals surface area contributed by atoms with Crippen LogP contribution in [0, 0.1) is 20.8 Å². The van der Waals surface area contributed by atoms with Crippen molar-refractivity contribution < 1.29 is 18.0 Å². The molecule has 3 aromatic rings. The fourth-order valence-corrected chi connectivity index (χ4v) is 7.29. The molecule has 0 heterocycles. The fourth-order valence-electron chi connectivity index (χ4n) is 5.44. The topological polar surface area (TPSA) is 86.8 Å². The Balaban J connectivity index is 1.70. The van der Waals surface area contributed by atoms with E-state index in [0.29, 0.717) is 5.69 Å². The second kappa shape index (κ2) is 13.9. The smallest absolute Gasteiger partial charge is 0.264 e. The molecule has 4 rings (SSSR count). The summed E-state index contributed by atoms with van der Waals surface area (Å²) in [7, 11) is -4.10. The second-order valence-electron chi connectivity index (χ2n) is 11.3. The van der Waals surface area contributed by atoms with Crippen molar-refractivity contribution in [2.75, 3.05) is 10.8 Å². The van der Waals surface area contributed by atoms with Crippen molar-refractivity contribution >= 4 is 43.5 Å². The first-order valence-corrected chi connectivity index (χ1v) is 16.7. The van der Waals surface area contributed by atoms with Crippen molar-refractivity contribution in [1.82, 2.24) is 10.2 Å². The molecule has 7 nitrogen and oxygen atoms in total. The maximum atomic E-state index is 14.2. The van der Waals surface area contributed by atoms with Gasteiger partial charge in [0.05, 0.1) is 10.6 Å². The van der Waals surface area contributed by atoms with E-state index < -0.39 is 28.5 Å². The van der Waals surface area contributed by atoms with E-state index in [1.165, 1.54) is 15.6 Å².